The zero-order chi connectivity index (χ0) is 11.4. The second-order valence-electron chi connectivity index (χ2n) is 3.74. The Hall–Kier alpha value is -1.85. The van der Waals surface area contributed by atoms with Gasteiger partial charge >= 0.3 is 0 Å². The number of hydrogen-bond donors (Lipinski definition) is 3. The fourth-order valence-electron chi connectivity index (χ4n) is 1.67. The van der Waals surface area contributed by atoms with Gasteiger partial charge in [-0.15, -0.1) is 0 Å². The fourth-order valence-corrected chi connectivity index (χ4v) is 1.67. The Labute approximate surface area is 92.8 Å². The molecule has 0 unspecified atom stereocenters. The van der Waals surface area contributed by atoms with Crippen molar-refractivity contribution in [3.63, 3.8) is 0 Å². The van der Waals surface area contributed by atoms with Crippen LogP contribution in [0.15, 0.2) is 12.4 Å². The van der Waals surface area contributed by atoms with E-state index in [1.165, 1.54) is 0 Å². The molecule has 1 aromatic rings. The number of nitrogens with one attached hydrogen (secondary N) is 3. The molecule has 1 aromatic heterocycles. The topological polar surface area (TPSA) is 86.9 Å². The van der Waals surface area contributed by atoms with Crippen LogP contribution in [0.4, 0.5) is 0 Å². The van der Waals surface area contributed by atoms with Gasteiger partial charge in [-0.05, 0) is 6.42 Å². The quantitative estimate of drug-likeness (QED) is 0.632. The van der Waals surface area contributed by atoms with E-state index in [4.69, 9.17) is 0 Å². The molecule has 1 fully saturated rings. The minimum atomic E-state index is -0.357. The molecule has 1 aliphatic rings. The number of aromatic amines is 1. The lowest BCUT2D eigenvalue weighted by atomic mass is 10.2. The summed E-state index contributed by atoms with van der Waals surface area (Å²) < 4.78 is 0. The SMILES string of the molecule is O=C1CC[C@@H](C(=O)NCCc2ncc[nH]2)N1. The van der Waals surface area contributed by atoms with Gasteiger partial charge in [-0.3, -0.25) is 9.59 Å². The largest absolute Gasteiger partial charge is 0.354 e. The Morgan fingerprint density at radius 1 is 1.62 bits per heavy atom. The summed E-state index contributed by atoms with van der Waals surface area (Å²) in [5.41, 5.74) is 0. The highest BCUT2D eigenvalue weighted by molar-refractivity contribution is 5.90. The number of amides is 2. The number of carbonyl (C=O) groups is 2. The first-order chi connectivity index (χ1) is 7.75. The fraction of sp³-hybridized carbons (Fsp3) is 0.500. The molecule has 3 N–H and O–H groups in total. The lowest BCUT2D eigenvalue weighted by Crippen LogP contribution is -2.42. The second-order valence-corrected chi connectivity index (χ2v) is 3.74. The highest BCUT2D eigenvalue weighted by Crippen LogP contribution is 2.05. The standard InChI is InChI=1S/C10H14N4O2/c15-9-2-1-7(14-9)10(16)13-4-3-8-11-5-6-12-8/h5-7H,1-4H2,(H,11,12)(H,13,16)(H,14,15)/t7-/m0/s1. The molecule has 86 valence electrons. The maximum Gasteiger partial charge on any atom is 0.242 e. The summed E-state index contributed by atoms with van der Waals surface area (Å²) in [7, 11) is 0. The third-order valence-corrected chi connectivity index (χ3v) is 2.53. The lowest BCUT2D eigenvalue weighted by Gasteiger charge is -2.09. The van der Waals surface area contributed by atoms with Crippen LogP contribution < -0.4 is 10.6 Å². The Morgan fingerprint density at radius 2 is 2.50 bits per heavy atom. The van der Waals surface area contributed by atoms with Crippen molar-refractivity contribution in [2.24, 2.45) is 0 Å². The van der Waals surface area contributed by atoms with Crippen molar-refractivity contribution >= 4 is 11.8 Å². The molecule has 0 spiro atoms. The molecule has 1 atom stereocenters. The van der Waals surface area contributed by atoms with Crippen molar-refractivity contribution in [1.82, 2.24) is 20.6 Å². The minimum Gasteiger partial charge on any atom is -0.354 e. The molecule has 2 amide bonds. The number of aromatic nitrogens is 2. The number of rotatable bonds is 4. The van der Waals surface area contributed by atoms with Crippen LogP contribution in [0.1, 0.15) is 18.7 Å². The maximum absolute atomic E-state index is 11.6. The first-order valence-electron chi connectivity index (χ1n) is 5.31. The summed E-state index contributed by atoms with van der Waals surface area (Å²) in [6.45, 7) is 0.527. The highest BCUT2D eigenvalue weighted by Gasteiger charge is 2.26. The number of nitrogens with zero attached hydrogens (tertiary/aromatic N) is 1. The predicted octanol–water partition coefficient (Wildman–Crippen LogP) is -0.653. The number of hydrogen-bond acceptors (Lipinski definition) is 3. The van der Waals surface area contributed by atoms with Gasteiger partial charge in [0.1, 0.15) is 11.9 Å². The summed E-state index contributed by atoms with van der Waals surface area (Å²) in [6.07, 6.45) is 5.11. The highest BCUT2D eigenvalue weighted by atomic mass is 16.2. The van der Waals surface area contributed by atoms with Crippen LogP contribution >= 0.6 is 0 Å². The molecule has 2 rings (SSSR count). The van der Waals surface area contributed by atoms with Crippen molar-refractivity contribution < 1.29 is 9.59 Å². The third-order valence-electron chi connectivity index (χ3n) is 2.53. The molecule has 16 heavy (non-hydrogen) atoms. The van der Waals surface area contributed by atoms with Gasteiger partial charge in [0.2, 0.25) is 11.8 Å². The molecule has 6 heteroatoms. The molecule has 0 saturated carbocycles. The maximum atomic E-state index is 11.6. The molecule has 0 aliphatic carbocycles. The van der Waals surface area contributed by atoms with Crippen molar-refractivity contribution in [3.05, 3.63) is 18.2 Å². The number of H-pyrrole nitrogens is 1. The first-order valence-corrected chi connectivity index (χ1v) is 5.31. The van der Waals surface area contributed by atoms with Crippen LogP contribution in [0.5, 0.6) is 0 Å². The molecule has 1 saturated heterocycles. The van der Waals surface area contributed by atoms with E-state index in [9.17, 15) is 9.59 Å². The Morgan fingerprint density at radius 3 is 3.12 bits per heavy atom. The monoisotopic (exact) mass is 222 g/mol. The van der Waals surface area contributed by atoms with Gasteiger partial charge in [0.25, 0.3) is 0 Å². The van der Waals surface area contributed by atoms with Gasteiger partial charge in [-0.2, -0.15) is 0 Å². The molecule has 0 bridgehead atoms. The first kappa shape index (κ1) is 10.7. The molecule has 0 radical (unpaired) electrons. The molecular formula is C10H14N4O2. The van der Waals surface area contributed by atoms with Crippen LogP contribution in [0.3, 0.4) is 0 Å². The predicted molar refractivity (Wildman–Crippen MR) is 56.5 cm³/mol. The average molecular weight is 222 g/mol. The molecule has 0 aromatic carbocycles. The van der Waals surface area contributed by atoms with Crippen LogP contribution in [0.2, 0.25) is 0 Å². The van der Waals surface area contributed by atoms with Crippen molar-refractivity contribution in [2.45, 2.75) is 25.3 Å². The summed E-state index contributed by atoms with van der Waals surface area (Å²) in [5.74, 6) is 0.680. The van der Waals surface area contributed by atoms with E-state index in [1.54, 1.807) is 12.4 Å². The third kappa shape index (κ3) is 2.59. The Bertz CT molecular complexity index is 374. The van der Waals surface area contributed by atoms with Crippen molar-refractivity contribution in [1.29, 1.82) is 0 Å². The van der Waals surface area contributed by atoms with Gasteiger partial charge in [-0.1, -0.05) is 0 Å². The van der Waals surface area contributed by atoms with Gasteiger partial charge < -0.3 is 15.6 Å². The van der Waals surface area contributed by atoms with E-state index < -0.39 is 0 Å². The summed E-state index contributed by atoms with van der Waals surface area (Å²) in [6, 6.07) is -0.357. The zero-order valence-electron chi connectivity index (χ0n) is 8.82. The minimum absolute atomic E-state index is 0.0498. The number of imidazole rings is 1. The van der Waals surface area contributed by atoms with Crippen LogP contribution in [-0.2, 0) is 16.0 Å². The van der Waals surface area contributed by atoms with Crippen molar-refractivity contribution in [3.8, 4) is 0 Å². The van der Waals surface area contributed by atoms with Crippen LogP contribution in [-0.4, -0.2) is 34.4 Å². The van der Waals surface area contributed by atoms with Gasteiger partial charge in [0, 0.05) is 31.8 Å². The van der Waals surface area contributed by atoms with Gasteiger partial charge in [0.05, 0.1) is 0 Å². The van der Waals surface area contributed by atoms with E-state index in [0.717, 1.165) is 5.82 Å². The van der Waals surface area contributed by atoms with E-state index in [-0.39, 0.29) is 17.9 Å². The molecule has 1 aliphatic heterocycles. The van der Waals surface area contributed by atoms with Crippen LogP contribution in [0, 0.1) is 0 Å². The lowest BCUT2D eigenvalue weighted by molar-refractivity contribution is -0.125. The Kier molecular flexibility index (Phi) is 3.19. The van der Waals surface area contributed by atoms with Crippen LogP contribution in [0.25, 0.3) is 0 Å². The van der Waals surface area contributed by atoms with Gasteiger partial charge in [0.15, 0.2) is 0 Å². The summed E-state index contributed by atoms with van der Waals surface area (Å²) in [4.78, 5) is 29.5. The van der Waals surface area contributed by atoms with Gasteiger partial charge in [-0.25, -0.2) is 4.98 Å². The normalized spacial score (nSPS) is 19.5. The second kappa shape index (κ2) is 4.78. The van der Waals surface area contributed by atoms with E-state index in [0.29, 0.717) is 25.8 Å². The van der Waals surface area contributed by atoms with E-state index >= 15 is 0 Å². The smallest absolute Gasteiger partial charge is 0.242 e. The summed E-state index contributed by atoms with van der Waals surface area (Å²) in [5, 5.41) is 5.39. The molecule has 2 heterocycles. The molecular weight excluding hydrogens is 208 g/mol. The average Bonchev–Trinajstić information content (AvgIpc) is 2.89. The molecule has 6 nitrogen and oxygen atoms in total. The zero-order valence-corrected chi connectivity index (χ0v) is 8.82. The van der Waals surface area contributed by atoms with Crippen molar-refractivity contribution in [2.75, 3.05) is 6.54 Å². The Balaban J connectivity index is 1.70. The number of carbonyl (C=O) groups excluding carboxylic acids is 2. The van der Waals surface area contributed by atoms with E-state index in [1.807, 2.05) is 0 Å². The van der Waals surface area contributed by atoms with E-state index in [2.05, 4.69) is 20.6 Å². The summed E-state index contributed by atoms with van der Waals surface area (Å²) >= 11 is 0.